The van der Waals surface area contributed by atoms with E-state index in [0.717, 1.165) is 6.42 Å². The van der Waals surface area contributed by atoms with Crippen LogP contribution in [-0.2, 0) is 9.59 Å². The van der Waals surface area contributed by atoms with E-state index >= 15 is 0 Å². The molecule has 5 heteroatoms. The summed E-state index contributed by atoms with van der Waals surface area (Å²) < 4.78 is 0. The highest BCUT2D eigenvalue weighted by Crippen LogP contribution is 2.02. The lowest BCUT2D eigenvalue weighted by molar-refractivity contribution is -0.132. The van der Waals surface area contributed by atoms with Crippen molar-refractivity contribution in [2.75, 3.05) is 13.1 Å². The van der Waals surface area contributed by atoms with Crippen LogP contribution in [0.15, 0.2) is 12.2 Å². The predicted molar refractivity (Wildman–Crippen MR) is 50.8 cm³/mol. The standard InChI is InChI=1S/C9H14N2O3/c1-6(9(13)14)4-10-7-2-3-8(12)11-5-7/h7,10H,1-5H2,(H,11,12)(H,13,14). The molecule has 0 aliphatic carbocycles. The zero-order valence-electron chi connectivity index (χ0n) is 7.88. The molecule has 0 aromatic heterocycles. The zero-order chi connectivity index (χ0) is 10.6. The summed E-state index contributed by atoms with van der Waals surface area (Å²) in [5.74, 6) is -0.933. The number of carboxylic acid groups (broad SMARTS) is 1. The van der Waals surface area contributed by atoms with Gasteiger partial charge in [-0.25, -0.2) is 4.79 Å². The van der Waals surface area contributed by atoms with Gasteiger partial charge in [-0.05, 0) is 6.42 Å². The average molecular weight is 198 g/mol. The summed E-state index contributed by atoms with van der Waals surface area (Å²) in [5, 5.41) is 14.3. The minimum Gasteiger partial charge on any atom is -0.478 e. The molecule has 0 aromatic rings. The van der Waals surface area contributed by atoms with E-state index in [4.69, 9.17) is 5.11 Å². The molecular formula is C9H14N2O3. The topological polar surface area (TPSA) is 78.4 Å². The van der Waals surface area contributed by atoms with Crippen LogP contribution in [0.2, 0.25) is 0 Å². The first kappa shape index (κ1) is 10.7. The van der Waals surface area contributed by atoms with Crippen LogP contribution in [0.3, 0.4) is 0 Å². The van der Waals surface area contributed by atoms with Crippen LogP contribution >= 0.6 is 0 Å². The predicted octanol–water partition coefficient (Wildman–Crippen LogP) is -0.505. The van der Waals surface area contributed by atoms with Crippen LogP contribution in [0.1, 0.15) is 12.8 Å². The number of carbonyl (C=O) groups excluding carboxylic acids is 1. The van der Waals surface area contributed by atoms with Crippen molar-refractivity contribution in [3.05, 3.63) is 12.2 Å². The summed E-state index contributed by atoms with van der Waals surface area (Å²) in [6.45, 7) is 4.23. The molecule has 1 saturated heterocycles. The molecule has 5 nitrogen and oxygen atoms in total. The number of amides is 1. The minimum absolute atomic E-state index is 0.0557. The molecule has 1 amide bonds. The van der Waals surface area contributed by atoms with E-state index in [1.54, 1.807) is 0 Å². The van der Waals surface area contributed by atoms with Gasteiger partial charge in [-0.1, -0.05) is 6.58 Å². The van der Waals surface area contributed by atoms with Gasteiger partial charge in [-0.3, -0.25) is 4.79 Å². The largest absolute Gasteiger partial charge is 0.478 e. The van der Waals surface area contributed by atoms with Gasteiger partial charge in [-0.2, -0.15) is 0 Å². The highest BCUT2D eigenvalue weighted by Gasteiger charge is 2.17. The van der Waals surface area contributed by atoms with E-state index < -0.39 is 5.97 Å². The summed E-state index contributed by atoms with van der Waals surface area (Å²) in [7, 11) is 0. The summed E-state index contributed by atoms with van der Waals surface area (Å²) in [5.41, 5.74) is 0.141. The van der Waals surface area contributed by atoms with Crippen molar-refractivity contribution >= 4 is 11.9 Å². The maximum absolute atomic E-state index is 10.8. The lowest BCUT2D eigenvalue weighted by atomic mass is 10.1. The van der Waals surface area contributed by atoms with Gasteiger partial charge in [-0.15, -0.1) is 0 Å². The van der Waals surface area contributed by atoms with Gasteiger partial charge in [0.15, 0.2) is 0 Å². The fourth-order valence-corrected chi connectivity index (χ4v) is 1.25. The Labute approximate surface area is 82.2 Å². The van der Waals surface area contributed by atoms with Gasteiger partial charge >= 0.3 is 5.97 Å². The summed E-state index contributed by atoms with van der Waals surface area (Å²) in [4.78, 5) is 21.2. The lowest BCUT2D eigenvalue weighted by Gasteiger charge is -2.23. The Morgan fingerprint density at radius 1 is 1.71 bits per heavy atom. The van der Waals surface area contributed by atoms with E-state index in [2.05, 4.69) is 17.2 Å². The summed E-state index contributed by atoms with van der Waals surface area (Å²) >= 11 is 0. The van der Waals surface area contributed by atoms with Crippen molar-refractivity contribution in [3.8, 4) is 0 Å². The highest BCUT2D eigenvalue weighted by atomic mass is 16.4. The number of hydrogen-bond donors (Lipinski definition) is 3. The number of rotatable bonds is 4. The van der Waals surface area contributed by atoms with Gasteiger partial charge in [0.1, 0.15) is 0 Å². The van der Waals surface area contributed by atoms with Gasteiger partial charge < -0.3 is 15.7 Å². The van der Waals surface area contributed by atoms with Crippen LogP contribution in [0.5, 0.6) is 0 Å². The van der Waals surface area contributed by atoms with Crippen molar-refractivity contribution in [1.29, 1.82) is 0 Å². The Balaban J connectivity index is 2.22. The molecule has 0 bridgehead atoms. The third-order valence-electron chi connectivity index (χ3n) is 2.17. The van der Waals surface area contributed by atoms with E-state index in [9.17, 15) is 9.59 Å². The van der Waals surface area contributed by atoms with Gasteiger partial charge in [0.25, 0.3) is 0 Å². The maximum Gasteiger partial charge on any atom is 0.332 e. The Hall–Kier alpha value is -1.36. The maximum atomic E-state index is 10.8. The Kier molecular flexibility index (Phi) is 3.64. The van der Waals surface area contributed by atoms with Crippen molar-refractivity contribution in [2.45, 2.75) is 18.9 Å². The SMILES string of the molecule is C=C(CNC1CCC(=O)NC1)C(=O)O. The second-order valence-electron chi connectivity index (χ2n) is 3.33. The fourth-order valence-electron chi connectivity index (χ4n) is 1.25. The molecule has 1 heterocycles. The second-order valence-corrected chi connectivity index (χ2v) is 3.33. The fraction of sp³-hybridized carbons (Fsp3) is 0.556. The van der Waals surface area contributed by atoms with Gasteiger partial charge in [0.05, 0.1) is 0 Å². The molecule has 0 aromatic carbocycles. The minimum atomic E-state index is -0.989. The van der Waals surface area contributed by atoms with E-state index in [1.165, 1.54) is 0 Å². The zero-order valence-corrected chi connectivity index (χ0v) is 7.88. The number of carboxylic acids is 1. The average Bonchev–Trinajstić information content (AvgIpc) is 2.16. The van der Waals surface area contributed by atoms with E-state index in [-0.39, 0.29) is 24.1 Å². The molecular weight excluding hydrogens is 184 g/mol. The van der Waals surface area contributed by atoms with Crippen LogP contribution in [0.25, 0.3) is 0 Å². The van der Waals surface area contributed by atoms with Crippen LogP contribution < -0.4 is 10.6 Å². The number of aliphatic carboxylic acids is 1. The third kappa shape index (κ3) is 3.18. The number of carbonyl (C=O) groups is 2. The number of piperidine rings is 1. The second kappa shape index (κ2) is 4.76. The molecule has 1 unspecified atom stereocenters. The van der Waals surface area contributed by atoms with Crippen molar-refractivity contribution < 1.29 is 14.7 Å². The first-order valence-corrected chi connectivity index (χ1v) is 4.50. The molecule has 78 valence electrons. The normalized spacial score (nSPS) is 21.4. The number of hydrogen-bond acceptors (Lipinski definition) is 3. The van der Waals surface area contributed by atoms with Crippen LogP contribution in [-0.4, -0.2) is 36.1 Å². The smallest absolute Gasteiger partial charge is 0.332 e. The van der Waals surface area contributed by atoms with Crippen molar-refractivity contribution in [1.82, 2.24) is 10.6 Å². The molecule has 0 saturated carbocycles. The van der Waals surface area contributed by atoms with E-state index in [1.807, 2.05) is 0 Å². The molecule has 1 rings (SSSR count). The molecule has 1 fully saturated rings. The quantitative estimate of drug-likeness (QED) is 0.532. The molecule has 1 aliphatic rings. The Morgan fingerprint density at radius 2 is 2.43 bits per heavy atom. The number of nitrogens with one attached hydrogen (secondary N) is 2. The first-order valence-electron chi connectivity index (χ1n) is 4.50. The molecule has 3 N–H and O–H groups in total. The summed E-state index contributed by atoms with van der Waals surface area (Å²) in [6, 6.07) is 0.156. The Morgan fingerprint density at radius 3 is 2.93 bits per heavy atom. The first-order chi connectivity index (χ1) is 6.59. The molecule has 1 atom stereocenters. The van der Waals surface area contributed by atoms with Crippen LogP contribution in [0, 0.1) is 0 Å². The summed E-state index contributed by atoms with van der Waals surface area (Å²) in [6.07, 6.45) is 1.25. The molecule has 0 spiro atoms. The van der Waals surface area contributed by atoms with Gasteiger partial charge in [0, 0.05) is 31.1 Å². The van der Waals surface area contributed by atoms with Crippen molar-refractivity contribution in [2.24, 2.45) is 0 Å². The highest BCUT2D eigenvalue weighted by molar-refractivity contribution is 5.86. The molecule has 1 aliphatic heterocycles. The van der Waals surface area contributed by atoms with Crippen molar-refractivity contribution in [3.63, 3.8) is 0 Å². The Bertz CT molecular complexity index is 253. The molecule has 14 heavy (non-hydrogen) atoms. The van der Waals surface area contributed by atoms with Gasteiger partial charge in [0.2, 0.25) is 5.91 Å². The van der Waals surface area contributed by atoms with E-state index in [0.29, 0.717) is 13.0 Å². The molecule has 0 radical (unpaired) electrons. The monoisotopic (exact) mass is 198 g/mol. The third-order valence-corrected chi connectivity index (χ3v) is 2.17. The van der Waals surface area contributed by atoms with Crippen LogP contribution in [0.4, 0.5) is 0 Å². The lowest BCUT2D eigenvalue weighted by Crippen LogP contribution is -2.46.